The van der Waals surface area contributed by atoms with Gasteiger partial charge in [-0.1, -0.05) is 56.7 Å². The van der Waals surface area contributed by atoms with Crippen LogP contribution in [0.4, 0.5) is 0 Å². The highest BCUT2D eigenvalue weighted by atomic mass is 32.2. The maximum atomic E-state index is 13.3. The van der Waals surface area contributed by atoms with Gasteiger partial charge in [0.1, 0.15) is 5.69 Å². The lowest BCUT2D eigenvalue weighted by Gasteiger charge is -2.38. The Morgan fingerprint density at radius 1 is 0.927 bits per heavy atom. The summed E-state index contributed by atoms with van der Waals surface area (Å²) in [6.07, 6.45) is 13.4. The monoisotopic (exact) mass is 571 g/mol. The molecule has 0 unspecified atom stereocenters. The summed E-state index contributed by atoms with van der Waals surface area (Å²) < 4.78 is 28.2. The highest BCUT2D eigenvalue weighted by molar-refractivity contribution is 7.91. The number of hydrogen-bond acceptors (Lipinski definition) is 5. The maximum absolute atomic E-state index is 13.3. The average Bonchev–Trinajstić information content (AvgIpc) is 3.70. The van der Waals surface area contributed by atoms with Crippen LogP contribution in [-0.2, 0) is 28.3 Å². The van der Waals surface area contributed by atoms with Crippen molar-refractivity contribution in [2.75, 3.05) is 6.54 Å². The molecule has 0 bridgehead atoms. The lowest BCUT2D eigenvalue weighted by molar-refractivity contribution is 0.0946. The van der Waals surface area contributed by atoms with Gasteiger partial charge in [-0.15, -0.1) is 0 Å². The largest absolute Gasteiger partial charge is 0.354 e. The molecule has 9 heteroatoms. The fourth-order valence-corrected chi connectivity index (χ4v) is 7.66. The SMILES string of the molecule is O=C(NCc1ccc(S(=O)(=O)c2cccc(-n3cccn3)c2)cc1)c1cc2c([nH]1)C1(CCCCCCCC1)CNC2. The zero-order chi connectivity index (χ0) is 28.3. The minimum atomic E-state index is -3.71. The Bertz CT molecular complexity index is 1600. The van der Waals surface area contributed by atoms with Gasteiger partial charge in [-0.2, -0.15) is 5.10 Å². The number of hydrogen-bond donors (Lipinski definition) is 3. The molecule has 1 aliphatic carbocycles. The van der Waals surface area contributed by atoms with Gasteiger partial charge in [0.15, 0.2) is 0 Å². The molecule has 214 valence electrons. The number of nitrogens with zero attached hydrogens (tertiary/aromatic N) is 2. The van der Waals surface area contributed by atoms with Gasteiger partial charge in [-0.05, 0) is 66.4 Å². The van der Waals surface area contributed by atoms with Gasteiger partial charge in [0.2, 0.25) is 9.84 Å². The number of fused-ring (bicyclic) bond motifs is 2. The van der Waals surface area contributed by atoms with Crippen molar-refractivity contribution in [1.29, 1.82) is 0 Å². The van der Waals surface area contributed by atoms with Crippen molar-refractivity contribution in [2.45, 2.75) is 79.7 Å². The molecule has 8 nitrogen and oxygen atoms in total. The first kappa shape index (κ1) is 27.5. The summed E-state index contributed by atoms with van der Waals surface area (Å²) in [4.78, 5) is 17.1. The second-order valence-corrected chi connectivity index (χ2v) is 13.3. The lowest BCUT2D eigenvalue weighted by atomic mass is 9.73. The van der Waals surface area contributed by atoms with Gasteiger partial charge in [0, 0.05) is 43.1 Å². The number of nitrogens with one attached hydrogen (secondary N) is 3. The van der Waals surface area contributed by atoms with E-state index in [1.165, 1.54) is 49.8 Å². The Kier molecular flexibility index (Phi) is 7.81. The molecule has 1 spiro atoms. The molecule has 2 aromatic heterocycles. The van der Waals surface area contributed by atoms with Gasteiger partial charge in [0.25, 0.3) is 5.91 Å². The standard InChI is InChI=1S/C32H37N5O3S/c38-31(29-19-25-22-33-23-32(30(25)36-29)15-5-3-1-2-4-6-16-32)34-21-24-11-13-27(14-12-24)41(39,40)28-10-7-9-26(20-28)37-18-8-17-35-37/h7-14,17-20,33,36H,1-6,15-16,21-23H2,(H,34,38). The Morgan fingerprint density at radius 3 is 2.41 bits per heavy atom. The molecule has 1 aliphatic heterocycles. The molecule has 0 atom stereocenters. The number of amides is 1. The number of carbonyl (C=O) groups is 1. The van der Waals surface area contributed by atoms with E-state index < -0.39 is 9.84 Å². The van der Waals surface area contributed by atoms with Crippen LogP contribution in [0.1, 0.15) is 78.7 Å². The number of benzene rings is 2. The molecular weight excluding hydrogens is 534 g/mol. The second kappa shape index (κ2) is 11.7. The lowest BCUT2D eigenvalue weighted by Crippen LogP contribution is -2.43. The van der Waals surface area contributed by atoms with E-state index in [2.05, 4.69) is 20.7 Å². The average molecular weight is 572 g/mol. The molecule has 41 heavy (non-hydrogen) atoms. The van der Waals surface area contributed by atoms with E-state index in [1.807, 2.05) is 12.1 Å². The highest BCUT2D eigenvalue weighted by Crippen LogP contribution is 2.40. The maximum Gasteiger partial charge on any atom is 0.267 e. The van der Waals surface area contributed by atoms with E-state index in [9.17, 15) is 13.2 Å². The summed E-state index contributed by atoms with van der Waals surface area (Å²) in [6, 6.07) is 17.2. The topological polar surface area (TPSA) is 109 Å². The first-order valence-corrected chi connectivity index (χ1v) is 16.1. The van der Waals surface area contributed by atoms with Crippen molar-refractivity contribution in [3.8, 4) is 5.69 Å². The third-order valence-corrected chi connectivity index (χ3v) is 10.4. The molecule has 3 heterocycles. The van der Waals surface area contributed by atoms with Crippen LogP contribution in [0.5, 0.6) is 0 Å². The molecule has 0 saturated heterocycles. The fourth-order valence-electron chi connectivity index (χ4n) is 6.36. The van der Waals surface area contributed by atoms with Crippen LogP contribution < -0.4 is 10.6 Å². The molecule has 3 N–H and O–H groups in total. The van der Waals surface area contributed by atoms with E-state index >= 15 is 0 Å². The number of sulfone groups is 1. The first-order chi connectivity index (χ1) is 19.9. The minimum Gasteiger partial charge on any atom is -0.354 e. The van der Waals surface area contributed by atoms with E-state index in [1.54, 1.807) is 65.6 Å². The van der Waals surface area contributed by atoms with Crippen LogP contribution in [0.3, 0.4) is 0 Å². The molecule has 6 rings (SSSR count). The minimum absolute atomic E-state index is 0.0791. The van der Waals surface area contributed by atoms with Crippen molar-refractivity contribution in [3.05, 3.63) is 95.6 Å². The van der Waals surface area contributed by atoms with Crippen molar-refractivity contribution in [2.24, 2.45) is 0 Å². The van der Waals surface area contributed by atoms with Crippen molar-refractivity contribution in [1.82, 2.24) is 25.4 Å². The second-order valence-electron chi connectivity index (χ2n) is 11.4. The third kappa shape index (κ3) is 5.74. The third-order valence-electron chi connectivity index (χ3n) is 8.60. The summed E-state index contributed by atoms with van der Waals surface area (Å²) in [6.45, 7) is 2.05. The predicted molar refractivity (Wildman–Crippen MR) is 158 cm³/mol. The quantitative estimate of drug-likeness (QED) is 0.286. The molecular formula is C32H37N5O3S. The summed E-state index contributed by atoms with van der Waals surface area (Å²) in [5.41, 5.74) is 4.62. The van der Waals surface area contributed by atoms with E-state index in [4.69, 9.17) is 0 Å². The zero-order valence-electron chi connectivity index (χ0n) is 23.2. The van der Waals surface area contributed by atoms with Crippen molar-refractivity contribution >= 4 is 15.7 Å². The van der Waals surface area contributed by atoms with Crippen molar-refractivity contribution < 1.29 is 13.2 Å². The normalized spacial score (nSPS) is 17.3. The Hall–Kier alpha value is -3.69. The Morgan fingerprint density at radius 2 is 1.68 bits per heavy atom. The molecule has 4 aromatic rings. The number of aromatic amines is 1. The van der Waals surface area contributed by atoms with Gasteiger partial charge in [0.05, 0.1) is 15.5 Å². The Balaban J connectivity index is 1.13. The number of rotatable bonds is 6. The van der Waals surface area contributed by atoms with Crippen LogP contribution in [0.15, 0.2) is 82.8 Å². The summed E-state index contributed by atoms with van der Waals surface area (Å²) >= 11 is 0. The number of aromatic nitrogens is 3. The van der Waals surface area contributed by atoms with Gasteiger partial charge in [-0.3, -0.25) is 4.79 Å². The zero-order valence-corrected chi connectivity index (χ0v) is 24.1. The summed E-state index contributed by atoms with van der Waals surface area (Å²) in [5.74, 6) is -0.148. The first-order valence-electron chi connectivity index (χ1n) is 14.6. The number of H-pyrrole nitrogens is 1. The van der Waals surface area contributed by atoms with Crippen LogP contribution in [0, 0.1) is 0 Å². The molecule has 1 fully saturated rings. The Labute approximate surface area is 241 Å². The molecule has 0 radical (unpaired) electrons. The highest BCUT2D eigenvalue weighted by Gasteiger charge is 2.38. The fraction of sp³-hybridized carbons (Fsp3) is 0.375. The van der Waals surface area contributed by atoms with Gasteiger partial charge >= 0.3 is 0 Å². The van der Waals surface area contributed by atoms with E-state index in [0.717, 1.165) is 31.5 Å². The molecule has 2 aliphatic rings. The van der Waals surface area contributed by atoms with Gasteiger partial charge in [-0.25, -0.2) is 13.1 Å². The van der Waals surface area contributed by atoms with E-state index in [-0.39, 0.29) is 21.1 Å². The molecule has 1 saturated carbocycles. The van der Waals surface area contributed by atoms with Crippen LogP contribution >= 0.6 is 0 Å². The number of carbonyl (C=O) groups excluding carboxylic acids is 1. The van der Waals surface area contributed by atoms with Crippen LogP contribution in [0.25, 0.3) is 5.69 Å². The van der Waals surface area contributed by atoms with Gasteiger partial charge < -0.3 is 15.6 Å². The van der Waals surface area contributed by atoms with Crippen molar-refractivity contribution in [3.63, 3.8) is 0 Å². The van der Waals surface area contributed by atoms with Crippen LogP contribution in [-0.4, -0.2) is 35.6 Å². The summed E-state index contributed by atoms with van der Waals surface area (Å²) in [5, 5.41) is 10.8. The van der Waals surface area contributed by atoms with Crippen LogP contribution in [0.2, 0.25) is 0 Å². The smallest absolute Gasteiger partial charge is 0.267 e. The molecule has 2 aromatic carbocycles. The molecule has 1 amide bonds. The summed E-state index contributed by atoms with van der Waals surface area (Å²) in [7, 11) is -3.71. The van der Waals surface area contributed by atoms with E-state index in [0.29, 0.717) is 17.9 Å². The predicted octanol–water partition coefficient (Wildman–Crippen LogP) is 5.44.